The Morgan fingerprint density at radius 2 is 1.74 bits per heavy atom. The molecule has 0 amide bonds. The van der Waals surface area contributed by atoms with Crippen LogP contribution >= 0.6 is 0 Å². The fourth-order valence-corrected chi connectivity index (χ4v) is 2.66. The zero-order valence-electron chi connectivity index (χ0n) is 11.3. The highest BCUT2D eigenvalue weighted by Gasteiger charge is 2.17. The minimum absolute atomic E-state index is 0.310. The fourth-order valence-electron chi connectivity index (χ4n) is 2.04. The first-order valence-electron chi connectivity index (χ1n) is 6.44. The molecule has 1 aliphatic rings. The summed E-state index contributed by atoms with van der Waals surface area (Å²) in [5.41, 5.74) is 0.535. The number of ether oxygens (including phenoxy) is 1. The number of hydrogen-bond donors (Lipinski definition) is 1. The third kappa shape index (κ3) is 3.84. The summed E-state index contributed by atoms with van der Waals surface area (Å²) in [6.45, 7) is 0. The molecule has 1 aliphatic carbocycles. The number of nitrogens with zero attached hydrogens (tertiary/aromatic N) is 1. The molecule has 6 heteroatoms. The lowest BCUT2D eigenvalue weighted by atomic mass is 10.3. The van der Waals surface area contributed by atoms with Gasteiger partial charge in [0.15, 0.2) is 0 Å². The smallest absolute Gasteiger partial charge is 0.301 e. The molecule has 1 aromatic rings. The van der Waals surface area contributed by atoms with Gasteiger partial charge in [0.05, 0.1) is 11.8 Å². The number of hydrogen-bond acceptors (Lipinski definition) is 3. The third-order valence-corrected chi connectivity index (χ3v) is 4.64. The predicted molar refractivity (Wildman–Crippen MR) is 75.6 cm³/mol. The molecule has 1 fully saturated rings. The van der Waals surface area contributed by atoms with Crippen molar-refractivity contribution in [3.05, 3.63) is 24.3 Å². The molecule has 0 aromatic heterocycles. The van der Waals surface area contributed by atoms with Crippen molar-refractivity contribution in [2.45, 2.75) is 31.8 Å². The standard InChI is InChI=1S/C13H20N2O3S/c1-15(2)19(16,17)14-11-7-9-13(10-8-11)18-12-5-3-4-6-12/h7-10,12,14H,3-6H2,1-2H3. The van der Waals surface area contributed by atoms with E-state index in [1.54, 1.807) is 24.3 Å². The number of anilines is 1. The molecule has 0 aliphatic heterocycles. The van der Waals surface area contributed by atoms with Gasteiger partial charge in [-0.1, -0.05) is 0 Å². The van der Waals surface area contributed by atoms with E-state index in [1.165, 1.54) is 26.9 Å². The van der Waals surface area contributed by atoms with E-state index in [0.29, 0.717) is 11.8 Å². The van der Waals surface area contributed by atoms with Gasteiger partial charge in [-0.05, 0) is 49.9 Å². The van der Waals surface area contributed by atoms with Gasteiger partial charge < -0.3 is 4.74 Å². The Hall–Kier alpha value is -1.27. The van der Waals surface area contributed by atoms with E-state index in [9.17, 15) is 8.42 Å². The van der Waals surface area contributed by atoms with Crippen LogP contribution in [0.5, 0.6) is 5.75 Å². The number of nitrogens with one attached hydrogen (secondary N) is 1. The van der Waals surface area contributed by atoms with Gasteiger partial charge in [-0.2, -0.15) is 12.7 Å². The average molecular weight is 284 g/mol. The van der Waals surface area contributed by atoms with Crippen LogP contribution in [0.25, 0.3) is 0 Å². The summed E-state index contributed by atoms with van der Waals surface area (Å²) in [4.78, 5) is 0. The second-order valence-electron chi connectivity index (χ2n) is 4.94. The molecule has 0 saturated heterocycles. The molecular formula is C13H20N2O3S. The van der Waals surface area contributed by atoms with Crippen LogP contribution < -0.4 is 9.46 Å². The Balaban J connectivity index is 1.98. The Labute approximate surface area is 114 Å². The van der Waals surface area contributed by atoms with Gasteiger partial charge >= 0.3 is 10.2 Å². The first-order chi connectivity index (χ1) is 8.97. The molecule has 0 heterocycles. The number of rotatable bonds is 5. The van der Waals surface area contributed by atoms with Crippen molar-refractivity contribution in [2.24, 2.45) is 0 Å². The monoisotopic (exact) mass is 284 g/mol. The summed E-state index contributed by atoms with van der Waals surface area (Å²) < 4.78 is 32.7. The topological polar surface area (TPSA) is 58.6 Å². The molecule has 1 N–H and O–H groups in total. The average Bonchev–Trinajstić information content (AvgIpc) is 2.84. The van der Waals surface area contributed by atoms with Crippen molar-refractivity contribution in [2.75, 3.05) is 18.8 Å². The zero-order chi connectivity index (χ0) is 13.9. The summed E-state index contributed by atoms with van der Waals surface area (Å²) >= 11 is 0. The van der Waals surface area contributed by atoms with Crippen LogP contribution in [0.15, 0.2) is 24.3 Å². The van der Waals surface area contributed by atoms with Gasteiger partial charge in [-0.3, -0.25) is 4.72 Å². The van der Waals surface area contributed by atoms with Crippen LogP contribution in [0.1, 0.15) is 25.7 Å². The molecule has 5 nitrogen and oxygen atoms in total. The number of benzene rings is 1. The van der Waals surface area contributed by atoms with Crippen molar-refractivity contribution in [1.29, 1.82) is 0 Å². The van der Waals surface area contributed by atoms with E-state index < -0.39 is 10.2 Å². The molecule has 0 bridgehead atoms. The maximum atomic E-state index is 11.6. The Bertz CT molecular complexity index is 505. The van der Waals surface area contributed by atoms with Crippen LogP contribution in [-0.2, 0) is 10.2 Å². The van der Waals surface area contributed by atoms with Crippen molar-refractivity contribution < 1.29 is 13.2 Å². The summed E-state index contributed by atoms with van der Waals surface area (Å²) in [5.74, 6) is 0.791. The van der Waals surface area contributed by atoms with Crippen LogP contribution in [0.4, 0.5) is 5.69 Å². The van der Waals surface area contributed by atoms with E-state index >= 15 is 0 Å². The molecule has 1 saturated carbocycles. The first-order valence-corrected chi connectivity index (χ1v) is 7.88. The van der Waals surface area contributed by atoms with Crippen molar-refractivity contribution in [1.82, 2.24) is 4.31 Å². The molecule has 2 rings (SSSR count). The highest BCUT2D eigenvalue weighted by Crippen LogP contribution is 2.25. The van der Waals surface area contributed by atoms with E-state index in [-0.39, 0.29) is 0 Å². The lowest BCUT2D eigenvalue weighted by Crippen LogP contribution is -2.28. The van der Waals surface area contributed by atoms with Crippen molar-refractivity contribution >= 4 is 15.9 Å². The third-order valence-electron chi connectivity index (χ3n) is 3.19. The molecule has 0 spiro atoms. The molecule has 0 radical (unpaired) electrons. The van der Waals surface area contributed by atoms with E-state index in [2.05, 4.69) is 4.72 Å². The molecule has 106 valence electrons. The Morgan fingerprint density at radius 1 is 1.16 bits per heavy atom. The van der Waals surface area contributed by atoms with Crippen molar-refractivity contribution in [3.8, 4) is 5.75 Å². The summed E-state index contributed by atoms with van der Waals surface area (Å²) in [6.07, 6.45) is 4.98. The lowest BCUT2D eigenvalue weighted by Gasteiger charge is -2.15. The molecular weight excluding hydrogens is 264 g/mol. The quantitative estimate of drug-likeness (QED) is 0.902. The second-order valence-corrected chi connectivity index (χ2v) is 6.82. The van der Waals surface area contributed by atoms with Gasteiger partial charge in [0, 0.05) is 14.1 Å². The van der Waals surface area contributed by atoms with Crippen molar-refractivity contribution in [3.63, 3.8) is 0 Å². The normalized spacial score (nSPS) is 16.8. The fraction of sp³-hybridized carbons (Fsp3) is 0.538. The highest BCUT2D eigenvalue weighted by atomic mass is 32.2. The second kappa shape index (κ2) is 5.79. The summed E-state index contributed by atoms with van der Waals surface area (Å²) in [5, 5.41) is 0. The summed E-state index contributed by atoms with van der Waals surface area (Å²) in [7, 11) is -0.472. The molecule has 1 aromatic carbocycles. The Kier molecular flexibility index (Phi) is 4.31. The van der Waals surface area contributed by atoms with Crippen LogP contribution in [0.3, 0.4) is 0 Å². The highest BCUT2D eigenvalue weighted by molar-refractivity contribution is 7.90. The van der Waals surface area contributed by atoms with Gasteiger partial charge in [0.2, 0.25) is 0 Å². The molecule has 19 heavy (non-hydrogen) atoms. The van der Waals surface area contributed by atoms with E-state index in [4.69, 9.17) is 4.74 Å². The SMILES string of the molecule is CN(C)S(=O)(=O)Nc1ccc(OC2CCCC2)cc1. The lowest BCUT2D eigenvalue weighted by molar-refractivity contribution is 0.210. The summed E-state index contributed by atoms with van der Waals surface area (Å²) in [6, 6.07) is 7.02. The largest absolute Gasteiger partial charge is 0.490 e. The van der Waals surface area contributed by atoms with Crippen LogP contribution in [0, 0.1) is 0 Å². The minimum Gasteiger partial charge on any atom is -0.490 e. The van der Waals surface area contributed by atoms with Gasteiger partial charge in [0.1, 0.15) is 5.75 Å². The Morgan fingerprint density at radius 3 is 2.26 bits per heavy atom. The maximum Gasteiger partial charge on any atom is 0.301 e. The molecule has 0 unspecified atom stereocenters. The predicted octanol–water partition coefficient (Wildman–Crippen LogP) is 2.23. The zero-order valence-corrected chi connectivity index (χ0v) is 12.1. The minimum atomic E-state index is -3.44. The van der Waals surface area contributed by atoms with Gasteiger partial charge in [-0.25, -0.2) is 0 Å². The van der Waals surface area contributed by atoms with Crippen LogP contribution in [-0.4, -0.2) is 32.9 Å². The van der Waals surface area contributed by atoms with E-state index in [1.807, 2.05) is 0 Å². The first kappa shape index (κ1) is 14.1. The van der Waals surface area contributed by atoms with Crippen LogP contribution in [0.2, 0.25) is 0 Å². The maximum absolute atomic E-state index is 11.6. The molecule has 0 atom stereocenters. The van der Waals surface area contributed by atoms with Gasteiger partial charge in [-0.15, -0.1) is 0 Å². The van der Waals surface area contributed by atoms with Gasteiger partial charge in [0.25, 0.3) is 0 Å². The van der Waals surface area contributed by atoms with E-state index in [0.717, 1.165) is 22.9 Å².